The number of nitrogens with one attached hydrogen (secondary N) is 1. The molecule has 0 radical (unpaired) electrons. The fourth-order valence-corrected chi connectivity index (χ4v) is 4.86. The van der Waals surface area contributed by atoms with E-state index in [1.165, 1.54) is 11.8 Å². The molecule has 0 unspecified atom stereocenters. The Hall–Kier alpha value is -2.61. The van der Waals surface area contributed by atoms with Crippen molar-refractivity contribution < 1.29 is 27.2 Å². The van der Waals surface area contributed by atoms with E-state index >= 15 is 0 Å². The van der Waals surface area contributed by atoms with E-state index in [2.05, 4.69) is 5.32 Å². The first-order valence-electron chi connectivity index (χ1n) is 10.8. The highest BCUT2D eigenvalue weighted by Crippen LogP contribution is 2.43. The van der Waals surface area contributed by atoms with Crippen molar-refractivity contribution >= 4 is 29.1 Å². The van der Waals surface area contributed by atoms with Crippen LogP contribution < -0.4 is 10.2 Å². The Morgan fingerprint density at radius 2 is 1.82 bits per heavy atom. The van der Waals surface area contributed by atoms with Crippen molar-refractivity contribution in [2.75, 3.05) is 11.4 Å². The molecule has 176 valence electrons. The summed E-state index contributed by atoms with van der Waals surface area (Å²) in [5.74, 6) is -1.09. The predicted molar refractivity (Wildman–Crippen MR) is 117 cm³/mol. The molecule has 1 heterocycles. The van der Waals surface area contributed by atoms with Gasteiger partial charge in [-0.2, -0.15) is 13.2 Å². The molecule has 2 aliphatic rings. The standard InChI is InChI=1S/C24H23ClF4N2O2/c1-23(26)18-4-2-3-5-20(18)31(22(23)33)13-14-6-9-16(10-7-14)30-21(32)17-12-15(24(27,28)29)8-11-19(17)25/h2-5,8,11-12,14,16H,6-7,9-10,13H2,1H3,(H,30,32)/t14-,16-,23-/m0/s1. The zero-order chi connectivity index (χ0) is 24.0. The molecule has 1 saturated carbocycles. The average Bonchev–Trinajstić information content (AvgIpc) is 2.95. The van der Waals surface area contributed by atoms with E-state index in [9.17, 15) is 27.2 Å². The SMILES string of the molecule is C[C@@]1(F)C(=O)N(C[C@H]2CC[C@H](NC(=O)c3cc(C(F)(F)F)ccc3Cl)CC2)c2ccccc21. The third-order valence-electron chi connectivity index (χ3n) is 6.51. The van der Waals surface area contributed by atoms with Crippen LogP contribution in [0.25, 0.3) is 0 Å². The van der Waals surface area contributed by atoms with Crippen molar-refractivity contribution in [1.82, 2.24) is 5.32 Å². The van der Waals surface area contributed by atoms with Crippen LogP contribution in [0.5, 0.6) is 0 Å². The summed E-state index contributed by atoms with van der Waals surface area (Å²) < 4.78 is 53.9. The minimum Gasteiger partial charge on any atom is -0.349 e. The Balaban J connectivity index is 1.37. The summed E-state index contributed by atoms with van der Waals surface area (Å²) in [6.45, 7) is 1.66. The third-order valence-corrected chi connectivity index (χ3v) is 6.84. The van der Waals surface area contributed by atoms with Gasteiger partial charge in [0.05, 0.1) is 21.8 Å². The van der Waals surface area contributed by atoms with Gasteiger partial charge in [0.15, 0.2) is 0 Å². The Morgan fingerprint density at radius 3 is 2.48 bits per heavy atom. The number of alkyl halides is 4. The maximum atomic E-state index is 15.0. The number of benzene rings is 2. The van der Waals surface area contributed by atoms with Crippen molar-refractivity contribution in [2.24, 2.45) is 5.92 Å². The van der Waals surface area contributed by atoms with Gasteiger partial charge in [0.1, 0.15) is 0 Å². The number of rotatable bonds is 4. The molecule has 9 heteroatoms. The van der Waals surface area contributed by atoms with E-state index < -0.39 is 29.2 Å². The Bertz CT molecular complexity index is 1080. The first kappa shape index (κ1) is 23.5. The van der Waals surface area contributed by atoms with Gasteiger partial charge in [-0.05, 0) is 62.8 Å². The largest absolute Gasteiger partial charge is 0.416 e. The lowest BCUT2D eigenvalue weighted by Gasteiger charge is -2.32. The van der Waals surface area contributed by atoms with Crippen LogP contribution in [0.4, 0.5) is 23.2 Å². The monoisotopic (exact) mass is 482 g/mol. The zero-order valence-corrected chi connectivity index (χ0v) is 18.6. The summed E-state index contributed by atoms with van der Waals surface area (Å²) in [5, 5.41) is 2.73. The molecule has 1 atom stereocenters. The quantitative estimate of drug-likeness (QED) is 0.553. The normalized spacial score (nSPS) is 25.2. The van der Waals surface area contributed by atoms with E-state index in [0.29, 0.717) is 43.5 Å². The fraction of sp³-hybridized carbons (Fsp3) is 0.417. The summed E-state index contributed by atoms with van der Waals surface area (Å²) in [6.07, 6.45) is -1.99. The molecule has 1 fully saturated rings. The molecule has 4 rings (SSSR count). The van der Waals surface area contributed by atoms with Crippen molar-refractivity contribution in [2.45, 2.75) is 50.5 Å². The maximum absolute atomic E-state index is 15.0. The summed E-state index contributed by atoms with van der Waals surface area (Å²) in [7, 11) is 0. The highest BCUT2D eigenvalue weighted by Gasteiger charge is 2.48. The second-order valence-electron chi connectivity index (χ2n) is 8.82. The number of carbonyl (C=O) groups is 2. The van der Waals surface area contributed by atoms with Crippen LogP contribution in [0.1, 0.15) is 54.1 Å². The van der Waals surface area contributed by atoms with Crippen LogP contribution in [0.2, 0.25) is 5.02 Å². The van der Waals surface area contributed by atoms with Gasteiger partial charge >= 0.3 is 6.18 Å². The van der Waals surface area contributed by atoms with Crippen molar-refractivity contribution in [3.8, 4) is 0 Å². The number of hydrogen-bond acceptors (Lipinski definition) is 2. The first-order chi connectivity index (χ1) is 15.5. The molecule has 1 aliphatic carbocycles. The van der Waals surface area contributed by atoms with Gasteiger partial charge in [-0.25, -0.2) is 4.39 Å². The predicted octanol–water partition coefficient (Wildman–Crippen LogP) is 5.88. The van der Waals surface area contributed by atoms with E-state index in [1.807, 2.05) is 0 Å². The van der Waals surface area contributed by atoms with Crippen molar-refractivity contribution in [1.29, 1.82) is 0 Å². The molecule has 4 nitrogen and oxygen atoms in total. The lowest BCUT2D eigenvalue weighted by Crippen LogP contribution is -2.42. The summed E-state index contributed by atoms with van der Waals surface area (Å²) in [4.78, 5) is 26.7. The summed E-state index contributed by atoms with van der Waals surface area (Å²) >= 11 is 5.96. The molecular weight excluding hydrogens is 460 g/mol. The number of para-hydroxylation sites is 1. The third kappa shape index (κ3) is 4.58. The van der Waals surface area contributed by atoms with Crippen LogP contribution in [-0.2, 0) is 16.6 Å². The van der Waals surface area contributed by atoms with Gasteiger partial charge in [-0.3, -0.25) is 9.59 Å². The number of halogens is 5. The van der Waals surface area contributed by atoms with E-state index in [-0.39, 0.29) is 22.5 Å². The first-order valence-corrected chi connectivity index (χ1v) is 11.1. The van der Waals surface area contributed by atoms with Gasteiger partial charge in [-0.15, -0.1) is 0 Å². The minimum absolute atomic E-state index is 0.0466. The second kappa shape index (κ2) is 8.63. The van der Waals surface area contributed by atoms with Crippen LogP contribution in [0.3, 0.4) is 0 Å². The zero-order valence-electron chi connectivity index (χ0n) is 17.9. The van der Waals surface area contributed by atoms with E-state index in [4.69, 9.17) is 11.6 Å². The lowest BCUT2D eigenvalue weighted by atomic mass is 9.85. The Kier molecular flexibility index (Phi) is 6.16. The van der Waals surface area contributed by atoms with E-state index in [1.54, 1.807) is 24.3 Å². The molecule has 0 bridgehead atoms. The van der Waals surface area contributed by atoms with E-state index in [0.717, 1.165) is 18.2 Å². The van der Waals surface area contributed by atoms with Gasteiger partial charge in [0.25, 0.3) is 11.8 Å². The lowest BCUT2D eigenvalue weighted by molar-refractivity contribution is -0.137. The molecule has 2 aromatic carbocycles. The summed E-state index contributed by atoms with van der Waals surface area (Å²) in [6, 6.07) is 9.29. The molecule has 1 aliphatic heterocycles. The van der Waals surface area contributed by atoms with Crippen LogP contribution >= 0.6 is 11.6 Å². The van der Waals surface area contributed by atoms with Gasteiger partial charge < -0.3 is 10.2 Å². The van der Waals surface area contributed by atoms with Crippen LogP contribution in [0, 0.1) is 5.92 Å². The van der Waals surface area contributed by atoms with Crippen molar-refractivity contribution in [3.63, 3.8) is 0 Å². The Labute approximate surface area is 193 Å². The number of anilines is 1. The number of carbonyl (C=O) groups excluding carboxylic acids is 2. The maximum Gasteiger partial charge on any atom is 0.416 e. The molecular formula is C24H23ClF4N2O2. The summed E-state index contributed by atoms with van der Waals surface area (Å²) in [5.41, 5.74) is -2.24. The van der Waals surface area contributed by atoms with Gasteiger partial charge in [0.2, 0.25) is 5.67 Å². The number of amides is 2. The fourth-order valence-electron chi connectivity index (χ4n) is 4.65. The molecule has 0 aromatic heterocycles. The molecule has 0 saturated heterocycles. The highest BCUT2D eigenvalue weighted by molar-refractivity contribution is 6.33. The highest BCUT2D eigenvalue weighted by atomic mass is 35.5. The van der Waals surface area contributed by atoms with Crippen LogP contribution in [0.15, 0.2) is 42.5 Å². The smallest absolute Gasteiger partial charge is 0.349 e. The van der Waals surface area contributed by atoms with Crippen LogP contribution in [-0.4, -0.2) is 24.4 Å². The molecule has 2 amide bonds. The number of hydrogen-bond donors (Lipinski definition) is 1. The second-order valence-corrected chi connectivity index (χ2v) is 9.23. The molecule has 2 aromatic rings. The van der Waals surface area contributed by atoms with Gasteiger partial charge in [0, 0.05) is 18.2 Å². The molecule has 0 spiro atoms. The number of fused-ring (bicyclic) bond motifs is 1. The topological polar surface area (TPSA) is 49.4 Å². The molecule has 1 N–H and O–H groups in total. The average molecular weight is 483 g/mol. The van der Waals surface area contributed by atoms with Gasteiger partial charge in [-0.1, -0.05) is 29.8 Å². The van der Waals surface area contributed by atoms with Crippen molar-refractivity contribution in [3.05, 3.63) is 64.2 Å². The minimum atomic E-state index is -4.57. The Morgan fingerprint density at radius 1 is 1.15 bits per heavy atom. The molecule has 33 heavy (non-hydrogen) atoms. The number of nitrogens with zero attached hydrogens (tertiary/aromatic N) is 1.